The first-order chi connectivity index (χ1) is 12.7. The fraction of sp³-hybridized carbons (Fsp3) is 0.500. The maximum Gasteiger partial charge on any atom is 0.233 e. The van der Waals surface area contributed by atoms with Crippen molar-refractivity contribution in [1.29, 1.82) is 0 Å². The molecule has 140 valence electrons. The lowest BCUT2D eigenvalue weighted by Crippen LogP contribution is -2.42. The molecule has 5 nitrogen and oxygen atoms in total. The SMILES string of the molecule is CCN(C(=O)CSc1nnc(Nc2ccccc2F)s1)C1CCCCC1. The Bertz CT molecular complexity index is 733. The summed E-state index contributed by atoms with van der Waals surface area (Å²) in [6, 6.07) is 6.82. The lowest BCUT2D eigenvalue weighted by atomic mass is 9.94. The van der Waals surface area contributed by atoms with E-state index in [9.17, 15) is 9.18 Å². The highest BCUT2D eigenvalue weighted by molar-refractivity contribution is 8.01. The van der Waals surface area contributed by atoms with Crippen LogP contribution in [0.4, 0.5) is 15.2 Å². The summed E-state index contributed by atoms with van der Waals surface area (Å²) in [6.07, 6.45) is 5.92. The Labute approximate surface area is 161 Å². The molecule has 1 aliphatic carbocycles. The Morgan fingerprint density at radius 1 is 1.31 bits per heavy atom. The number of carbonyl (C=O) groups excluding carboxylic acids is 1. The average molecular weight is 395 g/mol. The van der Waals surface area contributed by atoms with Crippen LogP contribution in [0.1, 0.15) is 39.0 Å². The molecule has 26 heavy (non-hydrogen) atoms. The number of carbonyl (C=O) groups is 1. The molecule has 3 rings (SSSR count). The monoisotopic (exact) mass is 394 g/mol. The van der Waals surface area contributed by atoms with Crippen LogP contribution in [0, 0.1) is 5.82 Å². The molecular weight excluding hydrogens is 371 g/mol. The molecule has 0 atom stereocenters. The molecule has 1 aliphatic rings. The number of benzene rings is 1. The van der Waals surface area contributed by atoms with Crippen LogP contribution in [-0.4, -0.2) is 39.3 Å². The van der Waals surface area contributed by atoms with Gasteiger partial charge in [0.1, 0.15) is 5.82 Å². The number of aromatic nitrogens is 2. The minimum atomic E-state index is -0.335. The fourth-order valence-electron chi connectivity index (χ4n) is 3.23. The molecule has 2 aromatic rings. The topological polar surface area (TPSA) is 58.1 Å². The smallest absolute Gasteiger partial charge is 0.233 e. The van der Waals surface area contributed by atoms with Gasteiger partial charge in [-0.2, -0.15) is 0 Å². The summed E-state index contributed by atoms with van der Waals surface area (Å²) in [7, 11) is 0. The quantitative estimate of drug-likeness (QED) is 0.690. The molecule has 1 fully saturated rings. The molecule has 1 aromatic heterocycles. The first kappa shape index (κ1) is 19.1. The van der Waals surface area contributed by atoms with Crippen molar-refractivity contribution in [2.45, 2.75) is 49.4 Å². The number of hydrogen-bond donors (Lipinski definition) is 1. The number of thioether (sulfide) groups is 1. The van der Waals surface area contributed by atoms with E-state index >= 15 is 0 Å². The molecule has 0 radical (unpaired) electrons. The molecule has 0 aliphatic heterocycles. The number of hydrogen-bond acceptors (Lipinski definition) is 6. The lowest BCUT2D eigenvalue weighted by Gasteiger charge is -2.33. The number of anilines is 2. The van der Waals surface area contributed by atoms with Gasteiger partial charge in [0.2, 0.25) is 11.0 Å². The minimum Gasteiger partial charge on any atom is -0.339 e. The Kier molecular flexibility index (Phi) is 6.85. The van der Waals surface area contributed by atoms with Crippen molar-refractivity contribution < 1.29 is 9.18 Å². The third-order valence-electron chi connectivity index (χ3n) is 4.52. The number of amides is 1. The zero-order valence-electron chi connectivity index (χ0n) is 14.8. The summed E-state index contributed by atoms with van der Waals surface area (Å²) >= 11 is 2.72. The van der Waals surface area contributed by atoms with Crippen molar-refractivity contribution in [2.24, 2.45) is 0 Å². The Morgan fingerprint density at radius 3 is 2.81 bits per heavy atom. The van der Waals surface area contributed by atoms with E-state index in [0.29, 0.717) is 27.0 Å². The third kappa shape index (κ3) is 4.94. The van der Waals surface area contributed by atoms with E-state index in [1.54, 1.807) is 18.2 Å². The van der Waals surface area contributed by atoms with Gasteiger partial charge in [0.25, 0.3) is 0 Å². The zero-order chi connectivity index (χ0) is 18.4. The molecule has 0 bridgehead atoms. The molecule has 1 saturated carbocycles. The van der Waals surface area contributed by atoms with E-state index in [1.165, 1.54) is 48.4 Å². The normalized spacial score (nSPS) is 15.0. The van der Waals surface area contributed by atoms with Crippen molar-refractivity contribution in [2.75, 3.05) is 17.6 Å². The molecule has 0 saturated heterocycles. The molecule has 1 N–H and O–H groups in total. The number of para-hydroxylation sites is 1. The van der Waals surface area contributed by atoms with Gasteiger partial charge in [0.15, 0.2) is 4.34 Å². The van der Waals surface area contributed by atoms with Crippen molar-refractivity contribution in [3.63, 3.8) is 0 Å². The largest absolute Gasteiger partial charge is 0.339 e. The predicted molar refractivity (Wildman–Crippen MR) is 105 cm³/mol. The van der Waals surface area contributed by atoms with Gasteiger partial charge in [-0.1, -0.05) is 54.5 Å². The van der Waals surface area contributed by atoms with Crippen LogP contribution < -0.4 is 5.32 Å². The molecule has 1 heterocycles. The van der Waals surface area contributed by atoms with Crippen molar-refractivity contribution in [3.05, 3.63) is 30.1 Å². The van der Waals surface area contributed by atoms with Crippen LogP contribution in [0.25, 0.3) is 0 Å². The Morgan fingerprint density at radius 2 is 2.08 bits per heavy atom. The average Bonchev–Trinajstić information content (AvgIpc) is 3.11. The minimum absolute atomic E-state index is 0.156. The van der Waals surface area contributed by atoms with Crippen LogP contribution in [0.3, 0.4) is 0 Å². The number of nitrogens with zero attached hydrogens (tertiary/aromatic N) is 3. The summed E-state index contributed by atoms with van der Waals surface area (Å²) in [5.74, 6) is 0.180. The second-order valence-electron chi connectivity index (χ2n) is 6.24. The summed E-state index contributed by atoms with van der Waals surface area (Å²) in [5, 5.41) is 11.6. The second-order valence-corrected chi connectivity index (χ2v) is 8.44. The van der Waals surface area contributed by atoms with Crippen LogP contribution in [-0.2, 0) is 4.79 Å². The summed E-state index contributed by atoms with van der Waals surface area (Å²) in [5.41, 5.74) is 0.366. The van der Waals surface area contributed by atoms with Crippen LogP contribution in [0.15, 0.2) is 28.6 Å². The first-order valence-corrected chi connectivity index (χ1v) is 10.7. The molecule has 8 heteroatoms. The van der Waals surface area contributed by atoms with Crippen LogP contribution >= 0.6 is 23.1 Å². The lowest BCUT2D eigenvalue weighted by molar-refractivity contribution is -0.131. The highest BCUT2D eigenvalue weighted by Crippen LogP contribution is 2.29. The van der Waals surface area contributed by atoms with E-state index < -0.39 is 0 Å². The van der Waals surface area contributed by atoms with Gasteiger partial charge in [0.05, 0.1) is 11.4 Å². The maximum absolute atomic E-state index is 13.7. The van der Waals surface area contributed by atoms with E-state index in [0.717, 1.165) is 19.4 Å². The van der Waals surface area contributed by atoms with Crippen molar-refractivity contribution in [1.82, 2.24) is 15.1 Å². The number of rotatable bonds is 7. The molecule has 1 amide bonds. The Hall–Kier alpha value is -1.67. The maximum atomic E-state index is 13.7. The third-order valence-corrected chi connectivity index (χ3v) is 6.47. The van der Waals surface area contributed by atoms with Gasteiger partial charge in [-0.15, -0.1) is 10.2 Å². The summed E-state index contributed by atoms with van der Waals surface area (Å²) < 4.78 is 14.4. The van der Waals surface area contributed by atoms with E-state index in [2.05, 4.69) is 15.5 Å². The van der Waals surface area contributed by atoms with Crippen LogP contribution in [0.2, 0.25) is 0 Å². The molecule has 0 spiro atoms. The highest BCUT2D eigenvalue weighted by Gasteiger charge is 2.24. The van der Waals surface area contributed by atoms with Crippen molar-refractivity contribution >= 4 is 39.8 Å². The summed E-state index contributed by atoms with van der Waals surface area (Å²) in [4.78, 5) is 14.6. The fourth-order valence-corrected chi connectivity index (χ4v) is 4.88. The highest BCUT2D eigenvalue weighted by atomic mass is 32.2. The number of halogens is 1. The predicted octanol–water partition coefficient (Wildman–Crippen LogP) is 4.69. The molecule has 0 unspecified atom stereocenters. The van der Waals surface area contributed by atoms with E-state index in [1.807, 2.05) is 11.8 Å². The standard InChI is InChI=1S/C18H23FN4OS2/c1-2-23(13-8-4-3-5-9-13)16(24)12-25-18-22-21-17(26-18)20-15-11-7-6-10-14(15)19/h6-7,10-11,13H,2-5,8-9,12H2,1H3,(H,20,21). The number of nitrogens with one attached hydrogen (secondary N) is 1. The van der Waals surface area contributed by atoms with Gasteiger partial charge in [-0.3, -0.25) is 4.79 Å². The van der Waals surface area contributed by atoms with Crippen LogP contribution in [0.5, 0.6) is 0 Å². The van der Waals surface area contributed by atoms with E-state index in [-0.39, 0.29) is 11.7 Å². The van der Waals surface area contributed by atoms with Gasteiger partial charge >= 0.3 is 0 Å². The van der Waals surface area contributed by atoms with Gasteiger partial charge < -0.3 is 10.2 Å². The zero-order valence-corrected chi connectivity index (χ0v) is 16.4. The Balaban J connectivity index is 1.53. The molecule has 1 aromatic carbocycles. The van der Waals surface area contributed by atoms with E-state index in [4.69, 9.17) is 0 Å². The van der Waals surface area contributed by atoms with Crippen molar-refractivity contribution in [3.8, 4) is 0 Å². The second kappa shape index (κ2) is 9.32. The first-order valence-electron chi connectivity index (χ1n) is 8.94. The summed E-state index contributed by atoms with van der Waals surface area (Å²) in [6.45, 7) is 2.79. The van der Waals surface area contributed by atoms with Gasteiger partial charge in [-0.05, 0) is 31.9 Å². The van der Waals surface area contributed by atoms with Gasteiger partial charge in [0, 0.05) is 12.6 Å². The molecular formula is C18H23FN4OS2. The van der Waals surface area contributed by atoms with Gasteiger partial charge in [-0.25, -0.2) is 4.39 Å².